The fourth-order valence-corrected chi connectivity index (χ4v) is 6.78. The maximum absolute atomic E-state index is 13.4. The zero-order chi connectivity index (χ0) is 17.2. The van der Waals surface area contributed by atoms with Crippen LogP contribution in [-0.4, -0.2) is 34.1 Å². The molecule has 3 nitrogen and oxygen atoms in total. The first-order valence-corrected chi connectivity index (χ1v) is 10.1. The molecule has 3 heteroatoms. The van der Waals surface area contributed by atoms with E-state index >= 15 is 0 Å². The van der Waals surface area contributed by atoms with Gasteiger partial charge in [0.2, 0.25) is 5.91 Å². The molecule has 0 radical (unpaired) electrons. The highest BCUT2D eigenvalue weighted by atomic mass is 16.3. The molecule has 1 heterocycles. The van der Waals surface area contributed by atoms with Crippen molar-refractivity contribution in [3.63, 3.8) is 0 Å². The summed E-state index contributed by atoms with van der Waals surface area (Å²) in [6.45, 7) is 3.06. The fraction of sp³-hybridized carbons (Fsp3) is 0.682. The number of nitrogens with zero attached hydrogens (tertiary/aromatic N) is 1. The van der Waals surface area contributed by atoms with Crippen LogP contribution in [0.3, 0.4) is 0 Å². The summed E-state index contributed by atoms with van der Waals surface area (Å²) in [6.07, 6.45) is 7.14. The van der Waals surface area contributed by atoms with Crippen molar-refractivity contribution in [2.24, 2.45) is 23.2 Å². The van der Waals surface area contributed by atoms with Gasteiger partial charge in [-0.2, -0.15) is 0 Å². The monoisotopic (exact) mass is 339 g/mol. The van der Waals surface area contributed by atoms with E-state index in [9.17, 15) is 9.90 Å². The molecule has 1 aromatic rings. The van der Waals surface area contributed by atoms with Gasteiger partial charge >= 0.3 is 0 Å². The Labute approximate surface area is 150 Å². The SMILES string of the molecule is CC1(Cc2ccccc2)CCN([C@H]2CC[C@]3(O)CC4CC3[C@H]2C4)C1=O. The fourth-order valence-electron chi connectivity index (χ4n) is 6.78. The Balaban J connectivity index is 1.35. The standard InChI is InChI=1S/C22H29NO2/c1-21(13-15-5-3-2-4-6-15)9-10-23(20(21)24)19-7-8-22(25)14-16-11-17(19)18(22)12-16/h2-6,16-19,25H,7-14H2,1H3/t16?,17-,18?,19+,21?,22+/m1/s1. The van der Waals surface area contributed by atoms with Gasteiger partial charge in [0.1, 0.15) is 0 Å². The number of rotatable bonds is 3. The van der Waals surface area contributed by atoms with Crippen LogP contribution >= 0.6 is 0 Å². The molecule has 25 heavy (non-hydrogen) atoms. The number of hydrogen-bond acceptors (Lipinski definition) is 2. The molecule has 3 saturated carbocycles. The molecule has 1 aliphatic heterocycles. The van der Waals surface area contributed by atoms with Crippen molar-refractivity contribution in [1.29, 1.82) is 0 Å². The van der Waals surface area contributed by atoms with Gasteiger partial charge in [-0.3, -0.25) is 4.79 Å². The predicted octanol–water partition coefficient (Wildman–Crippen LogP) is 3.41. The van der Waals surface area contributed by atoms with Crippen molar-refractivity contribution >= 4 is 5.91 Å². The van der Waals surface area contributed by atoms with Gasteiger partial charge in [-0.25, -0.2) is 0 Å². The summed E-state index contributed by atoms with van der Waals surface area (Å²) in [5, 5.41) is 10.9. The van der Waals surface area contributed by atoms with Gasteiger partial charge in [0.05, 0.1) is 11.0 Å². The summed E-state index contributed by atoms with van der Waals surface area (Å²) in [5.41, 5.74) is 0.602. The number of likely N-dealkylation sites (tertiary alicyclic amines) is 1. The molecule has 1 saturated heterocycles. The first kappa shape index (κ1) is 15.9. The van der Waals surface area contributed by atoms with E-state index in [0.29, 0.717) is 29.7 Å². The maximum Gasteiger partial charge on any atom is 0.229 e. The van der Waals surface area contributed by atoms with Crippen LogP contribution in [0, 0.1) is 23.2 Å². The van der Waals surface area contributed by atoms with Gasteiger partial charge in [-0.05, 0) is 68.3 Å². The summed E-state index contributed by atoms with van der Waals surface area (Å²) in [6, 6.07) is 10.8. The molecule has 1 aromatic carbocycles. The van der Waals surface area contributed by atoms with E-state index in [1.54, 1.807) is 0 Å². The summed E-state index contributed by atoms with van der Waals surface area (Å²) in [7, 11) is 0. The quantitative estimate of drug-likeness (QED) is 0.917. The van der Waals surface area contributed by atoms with Gasteiger partial charge in [0.15, 0.2) is 0 Å². The third kappa shape index (κ3) is 2.31. The van der Waals surface area contributed by atoms with Gasteiger partial charge in [0, 0.05) is 12.6 Å². The Kier molecular flexibility index (Phi) is 3.38. The van der Waals surface area contributed by atoms with Crippen LogP contribution in [0.15, 0.2) is 30.3 Å². The third-order valence-electron chi connectivity index (χ3n) is 7.93. The number of amides is 1. The van der Waals surface area contributed by atoms with Crippen LogP contribution < -0.4 is 0 Å². The van der Waals surface area contributed by atoms with Crippen molar-refractivity contribution in [2.45, 2.75) is 63.5 Å². The zero-order valence-electron chi connectivity index (χ0n) is 15.2. The average molecular weight is 339 g/mol. The smallest absolute Gasteiger partial charge is 0.229 e. The molecule has 1 N–H and O–H groups in total. The number of benzene rings is 1. The van der Waals surface area contributed by atoms with Crippen molar-refractivity contribution in [1.82, 2.24) is 4.90 Å². The van der Waals surface area contributed by atoms with E-state index in [1.807, 2.05) is 6.07 Å². The lowest BCUT2D eigenvalue weighted by Crippen LogP contribution is -2.55. The topological polar surface area (TPSA) is 40.5 Å². The van der Waals surface area contributed by atoms with E-state index in [4.69, 9.17) is 0 Å². The molecule has 0 spiro atoms. The lowest BCUT2D eigenvalue weighted by molar-refractivity contribution is -0.145. The number of carbonyl (C=O) groups is 1. The Morgan fingerprint density at radius 3 is 2.76 bits per heavy atom. The minimum absolute atomic E-state index is 0.257. The molecule has 3 unspecified atom stereocenters. The molecule has 0 aromatic heterocycles. The molecule has 3 aliphatic carbocycles. The van der Waals surface area contributed by atoms with Crippen molar-refractivity contribution < 1.29 is 9.90 Å². The summed E-state index contributed by atoms with van der Waals surface area (Å²) < 4.78 is 0. The summed E-state index contributed by atoms with van der Waals surface area (Å²) in [5.74, 6) is 2.05. The Bertz CT molecular complexity index is 689. The van der Waals surface area contributed by atoms with Crippen molar-refractivity contribution in [3.05, 3.63) is 35.9 Å². The third-order valence-corrected chi connectivity index (χ3v) is 7.93. The number of hydrogen-bond donors (Lipinski definition) is 1. The molecule has 5 rings (SSSR count). The second-order valence-electron chi connectivity index (χ2n) is 9.49. The van der Waals surface area contributed by atoms with Crippen LogP contribution in [0.4, 0.5) is 0 Å². The number of aliphatic hydroxyl groups is 1. The second kappa shape index (κ2) is 5.33. The Morgan fingerprint density at radius 1 is 1.20 bits per heavy atom. The minimum Gasteiger partial charge on any atom is -0.390 e. The zero-order valence-corrected chi connectivity index (χ0v) is 15.2. The second-order valence-corrected chi connectivity index (χ2v) is 9.49. The lowest BCUT2D eigenvalue weighted by Gasteiger charge is -2.49. The molecule has 134 valence electrons. The normalized spacial score (nSPS) is 45.4. The number of carbonyl (C=O) groups excluding carboxylic acids is 1. The van der Waals surface area contributed by atoms with E-state index in [2.05, 4.69) is 36.1 Å². The Hall–Kier alpha value is -1.35. The molecule has 1 amide bonds. The van der Waals surface area contributed by atoms with E-state index in [-0.39, 0.29) is 5.41 Å². The molecular weight excluding hydrogens is 310 g/mol. The van der Waals surface area contributed by atoms with Gasteiger partial charge in [0.25, 0.3) is 0 Å². The van der Waals surface area contributed by atoms with Gasteiger partial charge in [-0.15, -0.1) is 0 Å². The first-order valence-electron chi connectivity index (χ1n) is 10.1. The van der Waals surface area contributed by atoms with Crippen LogP contribution in [0.2, 0.25) is 0 Å². The van der Waals surface area contributed by atoms with Gasteiger partial charge in [-0.1, -0.05) is 37.3 Å². The van der Waals surface area contributed by atoms with Crippen LogP contribution in [0.25, 0.3) is 0 Å². The Morgan fingerprint density at radius 2 is 2.00 bits per heavy atom. The minimum atomic E-state index is -0.403. The molecule has 6 atom stereocenters. The van der Waals surface area contributed by atoms with Crippen LogP contribution in [0.1, 0.15) is 51.0 Å². The van der Waals surface area contributed by atoms with E-state index in [0.717, 1.165) is 38.6 Å². The van der Waals surface area contributed by atoms with E-state index < -0.39 is 5.60 Å². The van der Waals surface area contributed by atoms with Crippen LogP contribution in [-0.2, 0) is 11.2 Å². The van der Waals surface area contributed by atoms with Crippen molar-refractivity contribution in [2.75, 3.05) is 6.54 Å². The first-order chi connectivity index (χ1) is 12.0. The average Bonchev–Trinajstić information content (AvgIpc) is 3.23. The van der Waals surface area contributed by atoms with Gasteiger partial charge < -0.3 is 10.0 Å². The largest absolute Gasteiger partial charge is 0.390 e. The lowest BCUT2D eigenvalue weighted by atomic mass is 9.65. The van der Waals surface area contributed by atoms with Crippen molar-refractivity contribution in [3.8, 4) is 0 Å². The van der Waals surface area contributed by atoms with Crippen LogP contribution in [0.5, 0.6) is 0 Å². The molecule has 2 bridgehead atoms. The molecule has 4 fully saturated rings. The highest BCUT2D eigenvalue weighted by Gasteiger charge is 2.61. The summed E-state index contributed by atoms with van der Waals surface area (Å²) in [4.78, 5) is 15.6. The van der Waals surface area contributed by atoms with E-state index in [1.165, 1.54) is 18.4 Å². The predicted molar refractivity (Wildman–Crippen MR) is 96.9 cm³/mol. The molecule has 4 aliphatic rings. The summed E-state index contributed by atoms with van der Waals surface area (Å²) >= 11 is 0. The highest BCUT2D eigenvalue weighted by molar-refractivity contribution is 5.85. The maximum atomic E-state index is 13.4. The molecular formula is C22H29NO2. The number of fused-ring (bicyclic) bond motifs is 1. The highest BCUT2D eigenvalue weighted by Crippen LogP contribution is 2.61.